The number of aliphatic hydroxyl groups excluding tert-OH is 1. The van der Waals surface area contributed by atoms with Gasteiger partial charge in [-0.3, -0.25) is 14.5 Å². The van der Waals surface area contributed by atoms with Crippen LogP contribution in [0.2, 0.25) is 5.02 Å². The van der Waals surface area contributed by atoms with Gasteiger partial charge in [0.05, 0.1) is 28.4 Å². The van der Waals surface area contributed by atoms with E-state index in [1.807, 2.05) is 25.1 Å². The van der Waals surface area contributed by atoms with E-state index >= 15 is 0 Å². The number of anilines is 1. The van der Waals surface area contributed by atoms with Crippen LogP contribution in [0.1, 0.15) is 36.6 Å². The Bertz CT molecular complexity index is 1510. The summed E-state index contributed by atoms with van der Waals surface area (Å²) in [5.41, 5.74) is 2.88. The van der Waals surface area contributed by atoms with E-state index in [0.717, 1.165) is 22.2 Å². The number of fused-ring (bicyclic) bond motifs is 1. The van der Waals surface area contributed by atoms with E-state index < -0.39 is 17.7 Å². The molecule has 0 radical (unpaired) electrons. The number of benzene rings is 3. The lowest BCUT2D eigenvalue weighted by Crippen LogP contribution is -2.29. The van der Waals surface area contributed by atoms with Crippen LogP contribution in [-0.4, -0.2) is 28.4 Å². The molecule has 1 unspecified atom stereocenters. The highest BCUT2D eigenvalue weighted by atomic mass is 35.5. The predicted octanol–water partition coefficient (Wildman–Crippen LogP) is 6.54. The second-order valence-electron chi connectivity index (χ2n) is 8.33. The molecule has 0 bridgehead atoms. The molecule has 6 nitrogen and oxygen atoms in total. The third kappa shape index (κ3) is 4.25. The molecule has 8 heteroatoms. The third-order valence-electron chi connectivity index (χ3n) is 6.10. The van der Waals surface area contributed by atoms with Crippen molar-refractivity contribution in [3.05, 3.63) is 94.0 Å². The molecule has 1 amide bonds. The van der Waals surface area contributed by atoms with Gasteiger partial charge in [0.2, 0.25) is 0 Å². The van der Waals surface area contributed by atoms with Crippen LogP contribution in [0, 0.1) is 0 Å². The Kier molecular flexibility index (Phi) is 6.51. The van der Waals surface area contributed by atoms with Crippen molar-refractivity contribution in [3.63, 3.8) is 0 Å². The largest absolute Gasteiger partial charge is 0.507 e. The summed E-state index contributed by atoms with van der Waals surface area (Å²) in [5, 5.41) is 12.1. The molecule has 2 heterocycles. The minimum absolute atomic E-state index is 0.0140. The number of aromatic nitrogens is 1. The van der Waals surface area contributed by atoms with E-state index in [1.54, 1.807) is 48.5 Å². The fourth-order valence-corrected chi connectivity index (χ4v) is 5.59. The lowest BCUT2D eigenvalue weighted by molar-refractivity contribution is -0.132. The standard InChI is InChI=1S/C28H23ClN2O4S/c1-3-16-8-13-21-22(14-16)36-28(30-21)31-24(18-6-5-7-19(29)15-18)23(26(33)27(31)34)25(32)17-9-11-20(12-10-17)35-4-2/h5-15,24,32H,3-4H2,1-2H3/b25-23+. The molecular weight excluding hydrogens is 496 g/mol. The third-order valence-corrected chi connectivity index (χ3v) is 7.36. The maximum atomic E-state index is 13.4. The van der Waals surface area contributed by atoms with Gasteiger partial charge in [-0.05, 0) is 73.0 Å². The molecule has 1 saturated heterocycles. The second kappa shape index (κ2) is 9.76. The van der Waals surface area contributed by atoms with E-state index in [1.165, 1.54) is 16.2 Å². The molecule has 182 valence electrons. The zero-order valence-electron chi connectivity index (χ0n) is 19.7. The van der Waals surface area contributed by atoms with Crippen molar-refractivity contribution >= 4 is 55.7 Å². The summed E-state index contributed by atoms with van der Waals surface area (Å²) in [4.78, 5) is 32.8. The van der Waals surface area contributed by atoms with Gasteiger partial charge >= 0.3 is 5.91 Å². The first-order valence-electron chi connectivity index (χ1n) is 11.6. The van der Waals surface area contributed by atoms with Crippen molar-refractivity contribution in [2.24, 2.45) is 0 Å². The molecule has 3 aromatic carbocycles. The predicted molar refractivity (Wildman–Crippen MR) is 143 cm³/mol. The number of hydrogen-bond acceptors (Lipinski definition) is 6. The molecule has 1 aliphatic rings. The minimum Gasteiger partial charge on any atom is -0.507 e. The summed E-state index contributed by atoms with van der Waals surface area (Å²) in [6.45, 7) is 4.46. The maximum Gasteiger partial charge on any atom is 0.301 e. The van der Waals surface area contributed by atoms with Gasteiger partial charge in [-0.15, -0.1) is 0 Å². The Morgan fingerprint density at radius 2 is 1.86 bits per heavy atom. The second-order valence-corrected chi connectivity index (χ2v) is 9.78. The summed E-state index contributed by atoms with van der Waals surface area (Å²) >= 11 is 7.62. The van der Waals surface area contributed by atoms with Gasteiger partial charge in [0.15, 0.2) is 5.13 Å². The lowest BCUT2D eigenvalue weighted by atomic mass is 9.95. The molecule has 1 fully saturated rings. The molecule has 0 saturated carbocycles. The number of ether oxygens (including phenoxy) is 1. The molecular formula is C28H23ClN2O4S. The number of halogens is 1. The van der Waals surface area contributed by atoms with Gasteiger partial charge in [-0.1, -0.05) is 48.1 Å². The molecule has 1 aliphatic heterocycles. The average Bonchev–Trinajstić information content (AvgIpc) is 3.42. The molecule has 1 N–H and O–H groups in total. The Morgan fingerprint density at radius 3 is 2.56 bits per heavy atom. The van der Waals surface area contributed by atoms with Gasteiger partial charge in [0.25, 0.3) is 5.78 Å². The molecule has 4 aromatic rings. The van der Waals surface area contributed by atoms with Crippen molar-refractivity contribution in [2.45, 2.75) is 26.3 Å². The van der Waals surface area contributed by atoms with Gasteiger partial charge < -0.3 is 9.84 Å². The maximum absolute atomic E-state index is 13.4. The van der Waals surface area contributed by atoms with Crippen LogP contribution >= 0.6 is 22.9 Å². The number of thiazole rings is 1. The van der Waals surface area contributed by atoms with Crippen LogP contribution in [-0.2, 0) is 16.0 Å². The van der Waals surface area contributed by atoms with Crippen LogP contribution in [0.4, 0.5) is 5.13 Å². The highest BCUT2D eigenvalue weighted by Gasteiger charge is 2.48. The fraction of sp³-hybridized carbons (Fsp3) is 0.179. The summed E-state index contributed by atoms with van der Waals surface area (Å²) in [5.74, 6) is -1.15. The Balaban J connectivity index is 1.68. The number of Topliss-reactive ketones (excluding diaryl/α,β-unsaturated/α-hetero) is 1. The quantitative estimate of drug-likeness (QED) is 0.178. The number of aliphatic hydroxyl groups is 1. The topological polar surface area (TPSA) is 79.7 Å². The first-order valence-corrected chi connectivity index (χ1v) is 12.8. The summed E-state index contributed by atoms with van der Waals surface area (Å²) in [7, 11) is 0. The number of carbonyl (C=O) groups is 2. The average molecular weight is 519 g/mol. The van der Waals surface area contributed by atoms with E-state index in [0.29, 0.717) is 33.6 Å². The first kappa shape index (κ1) is 24.0. The first-order chi connectivity index (χ1) is 17.4. The van der Waals surface area contributed by atoms with Gasteiger partial charge in [0.1, 0.15) is 11.5 Å². The molecule has 1 atom stereocenters. The van der Waals surface area contributed by atoms with Gasteiger partial charge in [-0.2, -0.15) is 0 Å². The van der Waals surface area contributed by atoms with Crippen molar-refractivity contribution in [1.82, 2.24) is 4.98 Å². The van der Waals surface area contributed by atoms with Crippen LogP contribution in [0.25, 0.3) is 16.0 Å². The normalized spacial score (nSPS) is 17.2. The number of hydrogen-bond donors (Lipinski definition) is 1. The summed E-state index contributed by atoms with van der Waals surface area (Å²) < 4.78 is 6.40. The Hall–Kier alpha value is -3.68. The highest BCUT2D eigenvalue weighted by molar-refractivity contribution is 7.22. The number of rotatable bonds is 6. The van der Waals surface area contributed by atoms with Crippen molar-refractivity contribution in [3.8, 4) is 5.75 Å². The molecule has 0 spiro atoms. The highest BCUT2D eigenvalue weighted by Crippen LogP contribution is 2.44. The van der Waals surface area contributed by atoms with Crippen LogP contribution in [0.5, 0.6) is 5.75 Å². The lowest BCUT2D eigenvalue weighted by Gasteiger charge is -2.23. The van der Waals surface area contributed by atoms with Gasteiger partial charge in [0, 0.05) is 10.6 Å². The van der Waals surface area contributed by atoms with Crippen molar-refractivity contribution in [1.29, 1.82) is 0 Å². The van der Waals surface area contributed by atoms with Crippen LogP contribution in [0.3, 0.4) is 0 Å². The minimum atomic E-state index is -0.888. The van der Waals surface area contributed by atoms with Crippen LogP contribution in [0.15, 0.2) is 72.3 Å². The Morgan fingerprint density at radius 1 is 1.08 bits per heavy atom. The number of ketones is 1. The van der Waals surface area contributed by atoms with E-state index in [2.05, 4.69) is 11.9 Å². The Labute approximate surface area is 217 Å². The SMILES string of the molecule is CCOc1ccc(/C(O)=C2\C(=O)C(=O)N(c3nc4ccc(CC)cc4s3)C2c2cccc(Cl)c2)cc1. The molecule has 1 aromatic heterocycles. The fourth-order valence-electron chi connectivity index (χ4n) is 4.33. The number of amides is 1. The zero-order valence-corrected chi connectivity index (χ0v) is 21.3. The molecule has 5 rings (SSSR count). The summed E-state index contributed by atoms with van der Waals surface area (Å²) in [6.07, 6.45) is 0.873. The van der Waals surface area contributed by atoms with E-state index in [9.17, 15) is 14.7 Å². The number of aryl methyl sites for hydroxylation is 1. The van der Waals surface area contributed by atoms with E-state index in [4.69, 9.17) is 16.3 Å². The van der Waals surface area contributed by atoms with E-state index in [-0.39, 0.29) is 11.3 Å². The molecule has 0 aliphatic carbocycles. The van der Waals surface area contributed by atoms with Gasteiger partial charge in [-0.25, -0.2) is 4.98 Å². The molecule has 36 heavy (non-hydrogen) atoms. The van der Waals surface area contributed by atoms with Crippen molar-refractivity contribution in [2.75, 3.05) is 11.5 Å². The summed E-state index contributed by atoms with van der Waals surface area (Å²) in [6, 6.07) is 18.8. The number of carbonyl (C=O) groups excluding carboxylic acids is 2. The van der Waals surface area contributed by atoms with Crippen molar-refractivity contribution < 1.29 is 19.4 Å². The smallest absolute Gasteiger partial charge is 0.301 e. The number of nitrogens with zero attached hydrogens (tertiary/aromatic N) is 2. The van der Waals surface area contributed by atoms with Crippen LogP contribution < -0.4 is 9.64 Å². The zero-order chi connectivity index (χ0) is 25.4. The monoisotopic (exact) mass is 518 g/mol.